The molecular formula is C50H54O14Si10. The molecule has 24 heteroatoms. The van der Waals surface area contributed by atoms with Gasteiger partial charge in [-0.15, -0.1) is 0 Å². The summed E-state index contributed by atoms with van der Waals surface area (Å²) in [7, 11) is -40.1. The molecule has 8 aromatic carbocycles. The van der Waals surface area contributed by atoms with Crippen molar-refractivity contribution < 1.29 is 59.7 Å². The fourth-order valence-electron chi connectivity index (χ4n) is 8.56. The van der Waals surface area contributed by atoms with Crippen molar-refractivity contribution in [1.82, 2.24) is 0 Å². The van der Waals surface area contributed by atoms with Crippen molar-refractivity contribution in [2.24, 2.45) is 0 Å². The number of rotatable bonds is 14. The van der Waals surface area contributed by atoms with E-state index in [1.807, 2.05) is 176 Å². The molecule has 10 rings (SSSR count). The lowest BCUT2D eigenvalue weighted by atomic mass is 10.4. The summed E-state index contributed by atoms with van der Waals surface area (Å²) in [4.78, 5) is 37.6. The molecule has 378 valence electrons. The predicted octanol–water partition coefficient (Wildman–Crippen LogP) is 0.487. The summed E-state index contributed by atoms with van der Waals surface area (Å²) in [5.74, 6) is 0. The van der Waals surface area contributed by atoms with Crippen LogP contribution in [0, 0.1) is 0 Å². The average molecular weight is 1160 g/mol. The van der Waals surface area contributed by atoms with Gasteiger partial charge in [-0.1, -0.05) is 243 Å². The van der Waals surface area contributed by atoms with Crippen LogP contribution in [0.2, 0.25) is 13.1 Å². The SMILES string of the molecule is C[SiH](O)O[Si](O)(O[Si](O)(O[Si]1(c2ccccc2)O[SiH](c2ccccc2)O[Si]2(c3ccccc3)O[SiH](c3ccccc3)O[SiH](c3ccccc3)O[SiH](C)O[Si](c3ccccc3)(O2)O1)c1ccccc1)c1ccccc1. The van der Waals surface area contributed by atoms with E-state index < -0.39 is 90.4 Å². The standard InChI is InChI=1S/C50H54O14Si10/c1-65(51)56-70(52,46-33-17-6-18-34-46)61-71(53,47-35-19-7-20-36-47)62-74(50-41-25-10-26-42-50)60-69(45-31-15-5-16-32-45)59-72(48-37-21-8-22-38-48)58-68(44-29-13-4-14-30-44)55-67(43-27-11-3-12-28-43)54-66(2)57-73(63-72,64-74)49-39-23-9-24-40-49/h3-42,51-53,65-69H,1-2H3. The summed E-state index contributed by atoms with van der Waals surface area (Å²) >= 11 is 0. The highest BCUT2D eigenvalue weighted by atomic mass is 28.6. The van der Waals surface area contributed by atoms with Gasteiger partial charge in [0, 0.05) is 25.9 Å². The molecule has 0 spiro atoms. The largest absolute Gasteiger partial charge is 0.520 e. The number of hydrogen-bond acceptors (Lipinski definition) is 14. The van der Waals surface area contributed by atoms with Crippen LogP contribution in [-0.2, 0) is 45.3 Å². The molecule has 2 aliphatic heterocycles. The first kappa shape index (κ1) is 52.8. The van der Waals surface area contributed by atoms with E-state index in [0.717, 1.165) is 10.4 Å². The minimum Gasteiger partial charge on any atom is -0.417 e. The molecule has 2 aliphatic rings. The molecule has 3 N–H and O–H groups in total. The second-order valence-electron chi connectivity index (χ2n) is 17.3. The van der Waals surface area contributed by atoms with Crippen molar-refractivity contribution >= 4 is 132 Å². The Kier molecular flexibility index (Phi) is 16.6. The van der Waals surface area contributed by atoms with E-state index in [9.17, 15) is 14.4 Å². The van der Waals surface area contributed by atoms with Crippen molar-refractivity contribution in [1.29, 1.82) is 0 Å². The molecule has 0 amide bonds. The van der Waals surface area contributed by atoms with Crippen LogP contribution in [0.4, 0.5) is 0 Å². The highest BCUT2D eigenvalue weighted by Crippen LogP contribution is 2.34. The fraction of sp³-hybridized carbons (Fsp3) is 0.0400. The van der Waals surface area contributed by atoms with E-state index in [2.05, 4.69) is 0 Å². The molecule has 14 nitrogen and oxygen atoms in total. The average Bonchev–Trinajstić information content (AvgIpc) is 3.44. The van der Waals surface area contributed by atoms with Crippen LogP contribution in [0.3, 0.4) is 0 Å². The molecule has 74 heavy (non-hydrogen) atoms. The molecule has 2 fully saturated rings. The topological polar surface area (TPSA) is 162 Å². The third kappa shape index (κ3) is 11.8. The van der Waals surface area contributed by atoms with Gasteiger partial charge in [0.15, 0.2) is 0 Å². The molecule has 0 aliphatic carbocycles. The fourth-order valence-corrected chi connectivity index (χ4v) is 47.9. The zero-order valence-electron chi connectivity index (χ0n) is 40.3. The first-order chi connectivity index (χ1) is 36.0. The van der Waals surface area contributed by atoms with Crippen molar-refractivity contribution in [2.45, 2.75) is 13.1 Å². The van der Waals surface area contributed by atoms with E-state index in [1.54, 1.807) is 72.8 Å². The summed E-state index contributed by atoms with van der Waals surface area (Å²) < 4.78 is 81.7. The van der Waals surface area contributed by atoms with E-state index in [0.29, 0.717) is 20.7 Å². The Hall–Kier alpha value is -4.63. The summed E-state index contributed by atoms with van der Waals surface area (Å²) in [6.07, 6.45) is 0. The van der Waals surface area contributed by atoms with Crippen LogP contribution in [0.25, 0.3) is 0 Å². The normalized spacial score (nSPS) is 26.5. The van der Waals surface area contributed by atoms with E-state index in [1.165, 1.54) is 6.55 Å². The lowest BCUT2D eigenvalue weighted by Crippen LogP contribution is -2.82. The summed E-state index contributed by atoms with van der Waals surface area (Å²) in [6.45, 7) is 3.41. The van der Waals surface area contributed by atoms with Gasteiger partial charge in [0.2, 0.25) is 0 Å². The second kappa shape index (κ2) is 23.3. The smallest absolute Gasteiger partial charge is 0.417 e. The molecule has 2 bridgehead atoms. The van der Waals surface area contributed by atoms with Crippen LogP contribution in [0.15, 0.2) is 243 Å². The van der Waals surface area contributed by atoms with Crippen LogP contribution in [-0.4, -0.2) is 105 Å². The minimum absolute atomic E-state index is 0.185. The molecule has 10 atom stereocenters. The molecule has 0 saturated carbocycles. The molecule has 10 unspecified atom stereocenters. The van der Waals surface area contributed by atoms with Gasteiger partial charge in [-0.25, -0.2) is 0 Å². The zero-order valence-corrected chi connectivity index (χ0v) is 51.1. The highest BCUT2D eigenvalue weighted by Gasteiger charge is 2.70. The van der Waals surface area contributed by atoms with Gasteiger partial charge in [-0.2, -0.15) is 0 Å². The van der Waals surface area contributed by atoms with Gasteiger partial charge >= 0.3 is 90.4 Å². The van der Waals surface area contributed by atoms with Crippen molar-refractivity contribution in [3.8, 4) is 0 Å². The van der Waals surface area contributed by atoms with Gasteiger partial charge in [0.1, 0.15) is 0 Å². The van der Waals surface area contributed by atoms with Gasteiger partial charge in [-0.05, 0) is 28.7 Å². The maximum atomic E-state index is 13.8. The van der Waals surface area contributed by atoms with Gasteiger partial charge in [0.05, 0.1) is 0 Å². The van der Waals surface area contributed by atoms with Gasteiger partial charge < -0.3 is 59.7 Å². The second-order valence-corrected chi connectivity index (χ2v) is 42.4. The Morgan fingerprint density at radius 3 is 1.30 bits per heavy atom. The van der Waals surface area contributed by atoms with Crippen LogP contribution >= 0.6 is 0 Å². The Labute approximate surface area is 444 Å². The number of fused-ring (bicyclic) bond motifs is 2. The molecule has 0 aromatic heterocycles. The van der Waals surface area contributed by atoms with Crippen molar-refractivity contribution in [3.63, 3.8) is 0 Å². The Balaban J connectivity index is 1.27. The molecule has 2 saturated heterocycles. The van der Waals surface area contributed by atoms with Crippen LogP contribution in [0.5, 0.6) is 0 Å². The molecule has 8 aromatic rings. The Morgan fingerprint density at radius 1 is 0.419 bits per heavy atom. The van der Waals surface area contributed by atoms with Crippen molar-refractivity contribution in [2.75, 3.05) is 0 Å². The van der Waals surface area contributed by atoms with E-state index >= 15 is 0 Å². The molecule has 0 radical (unpaired) electrons. The van der Waals surface area contributed by atoms with Crippen molar-refractivity contribution in [3.05, 3.63) is 243 Å². The van der Waals surface area contributed by atoms with Gasteiger partial charge in [-0.3, -0.25) is 0 Å². The summed E-state index contributed by atoms with van der Waals surface area (Å²) in [5.41, 5.74) is 0. The van der Waals surface area contributed by atoms with Crippen LogP contribution in [0.1, 0.15) is 0 Å². The van der Waals surface area contributed by atoms with Gasteiger partial charge in [0.25, 0.3) is 0 Å². The first-order valence-electron chi connectivity index (χ1n) is 24.0. The third-order valence-corrected chi connectivity index (χ3v) is 44.7. The molecular weight excluding hydrogens is 1110 g/mol. The Bertz CT molecular complexity index is 3030. The maximum Gasteiger partial charge on any atom is 0.520 e. The van der Waals surface area contributed by atoms with E-state index in [4.69, 9.17) is 45.3 Å². The minimum atomic E-state index is -5.21. The summed E-state index contributed by atoms with van der Waals surface area (Å²) in [6, 6.07) is 74.3. The summed E-state index contributed by atoms with van der Waals surface area (Å²) in [5, 5.41) is 4.30. The van der Waals surface area contributed by atoms with Crippen LogP contribution < -0.4 is 41.5 Å². The third-order valence-electron chi connectivity index (χ3n) is 12.0. The predicted molar refractivity (Wildman–Crippen MR) is 303 cm³/mol. The zero-order chi connectivity index (χ0) is 51.1. The number of hydrogen-bond donors (Lipinski definition) is 3. The lowest BCUT2D eigenvalue weighted by molar-refractivity contribution is 0.107. The highest BCUT2D eigenvalue weighted by molar-refractivity contribution is 7.04. The monoisotopic (exact) mass is 1160 g/mol. The molecule has 2 heterocycles. The number of benzene rings is 8. The lowest BCUT2D eigenvalue weighted by Gasteiger charge is -2.50. The quantitative estimate of drug-likeness (QED) is 0.129. The first-order valence-corrected chi connectivity index (χ1v) is 41.5. The Morgan fingerprint density at radius 2 is 0.811 bits per heavy atom. The maximum absolute atomic E-state index is 13.8. The van der Waals surface area contributed by atoms with E-state index in [-0.39, 0.29) is 10.4 Å².